The molecule has 0 atom stereocenters. The molecule has 0 N–H and O–H groups in total. The van der Waals surface area contributed by atoms with E-state index < -0.39 is 16.8 Å². The van der Waals surface area contributed by atoms with E-state index in [9.17, 15) is 8.42 Å². The molecule has 46 heavy (non-hydrogen) atoms. The normalized spacial score (nSPS) is 15.2. The standard InChI is InChI=1S/C39H40N4O2S/c1-38(2,3)26-15-18-34-36(21-26)42(25-41(34)7)28-11-10-12-29(23-28)46(44,45)30-16-17-32-31-13-8-9-14-33(31)43(35(32)24-30)37-22-27(19-20-40-37)39(4,5)6/h8-24H,25H2,1-7H3/i7D3. The number of rotatable bonds is 4. The Morgan fingerprint density at radius 3 is 2.17 bits per heavy atom. The van der Waals surface area contributed by atoms with Crippen LogP contribution in [-0.4, -0.2) is 31.6 Å². The van der Waals surface area contributed by atoms with E-state index in [4.69, 9.17) is 9.10 Å². The molecule has 0 saturated carbocycles. The first-order valence-corrected chi connectivity index (χ1v) is 17.0. The fraction of sp³-hybridized carbons (Fsp3) is 0.256. The molecule has 3 heterocycles. The molecule has 7 heteroatoms. The van der Waals surface area contributed by atoms with Gasteiger partial charge in [-0.05, 0) is 82.6 Å². The molecule has 0 radical (unpaired) electrons. The Morgan fingerprint density at radius 1 is 0.696 bits per heavy atom. The molecule has 4 aromatic carbocycles. The Kier molecular flexibility index (Phi) is 6.04. The Hall–Kier alpha value is -4.62. The van der Waals surface area contributed by atoms with E-state index in [0.29, 0.717) is 11.4 Å². The topological polar surface area (TPSA) is 58.4 Å². The Labute approximate surface area is 276 Å². The lowest BCUT2D eigenvalue weighted by atomic mass is 9.86. The first-order valence-electron chi connectivity index (χ1n) is 17.0. The summed E-state index contributed by atoms with van der Waals surface area (Å²) in [4.78, 5) is 8.28. The zero-order chi connectivity index (χ0) is 35.1. The Balaban J connectivity index is 1.35. The summed E-state index contributed by atoms with van der Waals surface area (Å²) in [5.41, 5.74) is 5.52. The summed E-state index contributed by atoms with van der Waals surface area (Å²) in [6, 6.07) is 30.0. The maximum absolute atomic E-state index is 14.4. The van der Waals surface area contributed by atoms with Crippen molar-refractivity contribution in [2.45, 2.75) is 62.2 Å². The third-order valence-corrected chi connectivity index (χ3v) is 10.7. The summed E-state index contributed by atoms with van der Waals surface area (Å²) in [6.07, 6.45) is 1.80. The SMILES string of the molecule is [2H]C([2H])([2H])N1CN(c2cccc(S(=O)(=O)c3ccc4c5ccccc5n(-c5cc(C(C)(C)C)ccn5)c4c3)c2)c2cc(C(C)(C)C)ccc21. The van der Waals surface area contributed by atoms with Crippen LogP contribution in [0.25, 0.3) is 27.6 Å². The second-order valence-corrected chi connectivity index (χ2v) is 16.1. The minimum atomic E-state index is -3.99. The van der Waals surface area contributed by atoms with E-state index in [1.54, 1.807) is 36.5 Å². The maximum Gasteiger partial charge on any atom is 0.206 e. The van der Waals surface area contributed by atoms with Crippen LogP contribution in [0.2, 0.25) is 0 Å². The second kappa shape index (κ2) is 10.5. The van der Waals surface area contributed by atoms with Crippen LogP contribution in [0.1, 0.15) is 56.8 Å². The van der Waals surface area contributed by atoms with Gasteiger partial charge in [-0.2, -0.15) is 0 Å². The fourth-order valence-corrected chi connectivity index (χ4v) is 7.59. The largest absolute Gasteiger partial charge is 0.355 e. The highest BCUT2D eigenvalue weighted by atomic mass is 32.2. The molecular weight excluding hydrogens is 589 g/mol. The zero-order valence-electron chi connectivity index (χ0n) is 30.0. The summed E-state index contributed by atoms with van der Waals surface area (Å²) in [5.74, 6) is 0.719. The van der Waals surface area contributed by atoms with Crippen molar-refractivity contribution in [2.75, 3.05) is 23.4 Å². The number of benzene rings is 4. The van der Waals surface area contributed by atoms with Gasteiger partial charge in [-0.25, -0.2) is 13.4 Å². The van der Waals surface area contributed by atoms with Gasteiger partial charge in [-0.1, -0.05) is 77.9 Å². The predicted octanol–water partition coefficient (Wildman–Crippen LogP) is 9.15. The van der Waals surface area contributed by atoms with Gasteiger partial charge in [-0.3, -0.25) is 4.57 Å². The van der Waals surface area contributed by atoms with Crippen molar-refractivity contribution in [3.63, 3.8) is 0 Å². The van der Waals surface area contributed by atoms with Crippen molar-refractivity contribution >= 4 is 48.7 Å². The van der Waals surface area contributed by atoms with Gasteiger partial charge in [0.25, 0.3) is 0 Å². The van der Waals surface area contributed by atoms with E-state index in [1.807, 2.05) is 70.1 Å². The average Bonchev–Trinajstić information content (AvgIpc) is 3.60. The van der Waals surface area contributed by atoms with Crippen LogP contribution in [0.15, 0.2) is 113 Å². The number of para-hydroxylation sites is 1. The van der Waals surface area contributed by atoms with E-state index in [-0.39, 0.29) is 27.3 Å². The second-order valence-electron chi connectivity index (χ2n) is 14.1. The predicted molar refractivity (Wildman–Crippen MR) is 190 cm³/mol. The first-order chi connectivity index (χ1) is 22.9. The molecule has 0 saturated heterocycles. The lowest BCUT2D eigenvalue weighted by Gasteiger charge is -2.23. The van der Waals surface area contributed by atoms with Gasteiger partial charge in [-0.15, -0.1) is 0 Å². The number of fused-ring (bicyclic) bond motifs is 4. The molecule has 234 valence electrons. The molecule has 0 bridgehead atoms. The van der Waals surface area contributed by atoms with Crippen molar-refractivity contribution in [1.82, 2.24) is 9.55 Å². The van der Waals surface area contributed by atoms with E-state index >= 15 is 0 Å². The number of hydrogen-bond donors (Lipinski definition) is 0. The number of anilines is 3. The van der Waals surface area contributed by atoms with E-state index in [2.05, 4.69) is 47.6 Å². The molecule has 0 amide bonds. The highest BCUT2D eigenvalue weighted by Crippen LogP contribution is 2.43. The summed E-state index contributed by atoms with van der Waals surface area (Å²) in [5, 5.41) is 1.94. The quantitative estimate of drug-likeness (QED) is 0.194. The fourth-order valence-electron chi connectivity index (χ4n) is 6.28. The van der Waals surface area contributed by atoms with Crippen molar-refractivity contribution in [1.29, 1.82) is 0 Å². The van der Waals surface area contributed by atoms with E-state index in [1.165, 1.54) is 4.90 Å². The van der Waals surface area contributed by atoms with Gasteiger partial charge in [0.05, 0.1) is 38.9 Å². The summed E-state index contributed by atoms with van der Waals surface area (Å²) >= 11 is 0. The minimum Gasteiger partial charge on any atom is -0.355 e. The molecule has 6 aromatic rings. The molecule has 0 aliphatic carbocycles. The van der Waals surface area contributed by atoms with Crippen molar-refractivity contribution in [2.24, 2.45) is 0 Å². The van der Waals surface area contributed by atoms with Crippen LogP contribution in [0, 0.1) is 0 Å². The van der Waals surface area contributed by atoms with Gasteiger partial charge in [0.15, 0.2) is 0 Å². The summed E-state index contributed by atoms with van der Waals surface area (Å²) in [6.45, 7) is 10.5. The highest BCUT2D eigenvalue weighted by Gasteiger charge is 2.28. The summed E-state index contributed by atoms with van der Waals surface area (Å²) < 4.78 is 55.4. The molecular formula is C39H40N4O2S. The minimum absolute atomic E-state index is 0.0651. The third kappa shape index (κ3) is 4.94. The van der Waals surface area contributed by atoms with Crippen LogP contribution in [-0.2, 0) is 20.7 Å². The Morgan fingerprint density at radius 2 is 1.41 bits per heavy atom. The first kappa shape index (κ1) is 26.6. The lowest BCUT2D eigenvalue weighted by molar-refractivity contribution is 0.588. The number of pyridine rings is 1. The van der Waals surface area contributed by atoms with Gasteiger partial charge in [0, 0.05) is 33.7 Å². The zero-order valence-corrected chi connectivity index (χ0v) is 27.9. The highest BCUT2D eigenvalue weighted by molar-refractivity contribution is 7.91. The number of hydrogen-bond acceptors (Lipinski definition) is 5. The van der Waals surface area contributed by atoms with Crippen molar-refractivity contribution in [3.05, 3.63) is 114 Å². The molecule has 0 unspecified atom stereocenters. The molecule has 6 nitrogen and oxygen atoms in total. The summed E-state index contributed by atoms with van der Waals surface area (Å²) in [7, 11) is -3.99. The van der Waals surface area contributed by atoms with Crippen LogP contribution < -0.4 is 9.80 Å². The van der Waals surface area contributed by atoms with E-state index in [0.717, 1.165) is 44.4 Å². The van der Waals surface area contributed by atoms with Gasteiger partial charge < -0.3 is 9.80 Å². The lowest BCUT2D eigenvalue weighted by Crippen LogP contribution is -2.24. The smallest absolute Gasteiger partial charge is 0.206 e. The molecule has 1 aliphatic rings. The third-order valence-electron chi connectivity index (χ3n) is 8.94. The number of nitrogens with zero attached hydrogens (tertiary/aromatic N) is 4. The molecule has 0 spiro atoms. The van der Waals surface area contributed by atoms with Gasteiger partial charge >= 0.3 is 0 Å². The average molecular weight is 632 g/mol. The van der Waals surface area contributed by atoms with Crippen LogP contribution in [0.4, 0.5) is 17.1 Å². The maximum atomic E-state index is 14.4. The number of aromatic nitrogens is 2. The molecule has 0 fully saturated rings. The van der Waals surface area contributed by atoms with Crippen LogP contribution in [0.3, 0.4) is 0 Å². The van der Waals surface area contributed by atoms with Gasteiger partial charge in [0.1, 0.15) is 5.82 Å². The van der Waals surface area contributed by atoms with Crippen LogP contribution in [0.5, 0.6) is 0 Å². The molecule has 2 aromatic heterocycles. The van der Waals surface area contributed by atoms with Crippen molar-refractivity contribution < 1.29 is 12.5 Å². The van der Waals surface area contributed by atoms with Gasteiger partial charge in [0.2, 0.25) is 9.84 Å². The van der Waals surface area contributed by atoms with Crippen LogP contribution >= 0.6 is 0 Å². The van der Waals surface area contributed by atoms with Crippen molar-refractivity contribution in [3.8, 4) is 5.82 Å². The molecule has 7 rings (SSSR count). The number of sulfone groups is 1. The molecule has 1 aliphatic heterocycles. The monoisotopic (exact) mass is 631 g/mol. The Bertz CT molecular complexity index is 2370.